The van der Waals surface area contributed by atoms with Crippen LogP contribution in [0.15, 0.2) is 54.7 Å². The SMILES string of the molecule is O=C(CCn1ccc2ccccc21)Nc1ccc(Cl)c([N+](=O)[O-])c1. The number of nitro groups is 1. The lowest BCUT2D eigenvalue weighted by Crippen LogP contribution is -2.14. The zero-order valence-electron chi connectivity index (χ0n) is 12.6. The van der Waals surface area contributed by atoms with Crippen LogP contribution in [0.3, 0.4) is 0 Å². The van der Waals surface area contributed by atoms with Gasteiger partial charge in [-0.2, -0.15) is 0 Å². The molecule has 0 radical (unpaired) electrons. The number of aryl methyl sites for hydroxylation is 1. The molecule has 122 valence electrons. The highest BCUT2D eigenvalue weighted by molar-refractivity contribution is 6.32. The van der Waals surface area contributed by atoms with Gasteiger partial charge in [-0.05, 0) is 29.7 Å². The molecule has 0 fully saturated rings. The summed E-state index contributed by atoms with van der Waals surface area (Å²) in [5.74, 6) is -0.218. The van der Waals surface area contributed by atoms with Gasteiger partial charge in [0, 0.05) is 36.4 Å². The van der Waals surface area contributed by atoms with Gasteiger partial charge >= 0.3 is 0 Å². The molecule has 0 aliphatic heterocycles. The fourth-order valence-corrected chi connectivity index (χ4v) is 2.70. The van der Waals surface area contributed by atoms with Gasteiger partial charge in [-0.1, -0.05) is 29.8 Å². The maximum Gasteiger partial charge on any atom is 0.289 e. The number of amides is 1. The summed E-state index contributed by atoms with van der Waals surface area (Å²) in [6.07, 6.45) is 2.19. The number of nitrogens with zero attached hydrogens (tertiary/aromatic N) is 2. The minimum absolute atomic E-state index is 0.0387. The van der Waals surface area contributed by atoms with Crippen molar-refractivity contribution in [2.45, 2.75) is 13.0 Å². The number of nitrogens with one attached hydrogen (secondary N) is 1. The number of hydrogen-bond acceptors (Lipinski definition) is 3. The summed E-state index contributed by atoms with van der Waals surface area (Å²) in [6.45, 7) is 0.523. The molecule has 0 saturated heterocycles. The number of carbonyl (C=O) groups is 1. The zero-order chi connectivity index (χ0) is 17.1. The summed E-state index contributed by atoms with van der Waals surface area (Å²) in [4.78, 5) is 22.4. The normalized spacial score (nSPS) is 10.7. The number of anilines is 1. The first-order chi connectivity index (χ1) is 11.5. The number of benzene rings is 2. The third-order valence-corrected chi connectivity index (χ3v) is 4.01. The Hall–Kier alpha value is -2.86. The van der Waals surface area contributed by atoms with Gasteiger partial charge in [-0.15, -0.1) is 0 Å². The Morgan fingerprint density at radius 1 is 1.21 bits per heavy atom. The van der Waals surface area contributed by atoms with Gasteiger partial charge < -0.3 is 9.88 Å². The van der Waals surface area contributed by atoms with Crippen LogP contribution in [-0.2, 0) is 11.3 Å². The molecule has 0 saturated carbocycles. The van der Waals surface area contributed by atoms with E-state index in [1.807, 2.05) is 41.1 Å². The van der Waals surface area contributed by atoms with Crippen LogP contribution in [0, 0.1) is 10.1 Å². The summed E-state index contributed by atoms with van der Waals surface area (Å²) in [5, 5.41) is 14.7. The average Bonchev–Trinajstić information content (AvgIpc) is 2.98. The van der Waals surface area contributed by atoms with Crippen LogP contribution in [0.5, 0.6) is 0 Å². The monoisotopic (exact) mass is 343 g/mol. The number of fused-ring (bicyclic) bond motifs is 1. The minimum atomic E-state index is -0.579. The van der Waals surface area contributed by atoms with Crippen molar-refractivity contribution in [2.75, 3.05) is 5.32 Å². The summed E-state index contributed by atoms with van der Waals surface area (Å²) >= 11 is 5.75. The van der Waals surface area contributed by atoms with Gasteiger partial charge in [0.05, 0.1) is 4.92 Å². The number of aromatic nitrogens is 1. The van der Waals surface area contributed by atoms with Crippen molar-refractivity contribution in [3.63, 3.8) is 0 Å². The third-order valence-electron chi connectivity index (χ3n) is 3.69. The van der Waals surface area contributed by atoms with E-state index in [1.54, 1.807) is 0 Å². The largest absolute Gasteiger partial charge is 0.347 e. The van der Waals surface area contributed by atoms with Crippen molar-refractivity contribution in [2.24, 2.45) is 0 Å². The Bertz CT molecular complexity index is 920. The molecule has 0 atom stereocenters. The molecule has 0 spiro atoms. The van der Waals surface area contributed by atoms with Crippen LogP contribution in [0.1, 0.15) is 6.42 Å². The highest BCUT2D eigenvalue weighted by Gasteiger charge is 2.14. The number of nitro benzene ring substituents is 1. The van der Waals surface area contributed by atoms with E-state index in [9.17, 15) is 14.9 Å². The highest BCUT2D eigenvalue weighted by atomic mass is 35.5. The lowest BCUT2D eigenvalue weighted by molar-refractivity contribution is -0.384. The zero-order valence-corrected chi connectivity index (χ0v) is 13.4. The predicted molar refractivity (Wildman–Crippen MR) is 93.3 cm³/mol. The molecule has 0 aliphatic carbocycles. The van der Waals surface area contributed by atoms with E-state index in [4.69, 9.17) is 11.6 Å². The number of para-hydroxylation sites is 1. The molecule has 6 nitrogen and oxygen atoms in total. The molecular weight excluding hydrogens is 330 g/mol. The van der Waals surface area contributed by atoms with Crippen LogP contribution in [0.25, 0.3) is 10.9 Å². The maximum atomic E-state index is 12.1. The Kier molecular flexibility index (Phi) is 4.48. The van der Waals surface area contributed by atoms with Crippen LogP contribution in [0.4, 0.5) is 11.4 Å². The number of rotatable bonds is 5. The van der Waals surface area contributed by atoms with Gasteiger partial charge in [0.25, 0.3) is 5.69 Å². The lowest BCUT2D eigenvalue weighted by atomic mass is 10.2. The molecule has 1 amide bonds. The van der Waals surface area contributed by atoms with E-state index in [1.165, 1.54) is 18.2 Å². The first-order valence-corrected chi connectivity index (χ1v) is 7.70. The minimum Gasteiger partial charge on any atom is -0.347 e. The summed E-state index contributed by atoms with van der Waals surface area (Å²) < 4.78 is 2.00. The number of hydrogen-bond donors (Lipinski definition) is 1. The van der Waals surface area contributed by atoms with E-state index >= 15 is 0 Å². The van der Waals surface area contributed by atoms with Crippen LogP contribution in [0.2, 0.25) is 5.02 Å². The van der Waals surface area contributed by atoms with Crippen molar-refractivity contribution in [3.8, 4) is 0 Å². The first kappa shape index (κ1) is 16.0. The van der Waals surface area contributed by atoms with Gasteiger partial charge in [-0.3, -0.25) is 14.9 Å². The van der Waals surface area contributed by atoms with E-state index < -0.39 is 4.92 Å². The van der Waals surface area contributed by atoms with E-state index in [-0.39, 0.29) is 23.0 Å². The Labute approximate surface area is 142 Å². The number of carbonyl (C=O) groups excluding carboxylic acids is 1. The maximum absolute atomic E-state index is 12.1. The second kappa shape index (κ2) is 6.72. The lowest BCUT2D eigenvalue weighted by Gasteiger charge is -2.07. The second-order valence-corrected chi connectivity index (χ2v) is 5.70. The van der Waals surface area contributed by atoms with Crippen LogP contribution >= 0.6 is 11.6 Å². The van der Waals surface area contributed by atoms with E-state index in [0.717, 1.165) is 10.9 Å². The molecule has 1 heterocycles. The van der Waals surface area contributed by atoms with Gasteiger partial charge in [-0.25, -0.2) is 0 Å². The molecule has 1 aromatic heterocycles. The van der Waals surface area contributed by atoms with E-state index in [2.05, 4.69) is 5.32 Å². The quantitative estimate of drug-likeness (QED) is 0.556. The van der Waals surface area contributed by atoms with Gasteiger partial charge in [0.1, 0.15) is 5.02 Å². The van der Waals surface area contributed by atoms with Crippen molar-refractivity contribution >= 4 is 39.8 Å². The third kappa shape index (κ3) is 3.38. The van der Waals surface area contributed by atoms with Crippen LogP contribution in [-0.4, -0.2) is 15.4 Å². The molecular formula is C17H14ClN3O3. The van der Waals surface area contributed by atoms with Crippen molar-refractivity contribution < 1.29 is 9.72 Å². The van der Waals surface area contributed by atoms with Gasteiger partial charge in [0.15, 0.2) is 0 Å². The topological polar surface area (TPSA) is 77.2 Å². The fourth-order valence-electron chi connectivity index (χ4n) is 2.51. The molecule has 0 bridgehead atoms. The number of halogens is 1. The Morgan fingerprint density at radius 3 is 2.79 bits per heavy atom. The summed E-state index contributed by atoms with van der Waals surface area (Å²) in [7, 11) is 0. The first-order valence-electron chi connectivity index (χ1n) is 7.32. The van der Waals surface area contributed by atoms with Crippen molar-refractivity contribution in [3.05, 3.63) is 69.9 Å². The van der Waals surface area contributed by atoms with Crippen molar-refractivity contribution in [1.29, 1.82) is 0 Å². The standard InChI is InChI=1S/C17H14ClN3O3/c18-14-6-5-13(11-16(14)21(23)24)19-17(22)8-10-20-9-7-12-3-1-2-4-15(12)20/h1-7,9,11H,8,10H2,(H,19,22). The van der Waals surface area contributed by atoms with Crippen molar-refractivity contribution in [1.82, 2.24) is 4.57 Å². The van der Waals surface area contributed by atoms with Crippen LogP contribution < -0.4 is 5.32 Å². The second-order valence-electron chi connectivity index (χ2n) is 5.29. The molecule has 3 aromatic rings. The van der Waals surface area contributed by atoms with E-state index in [0.29, 0.717) is 12.2 Å². The smallest absolute Gasteiger partial charge is 0.289 e. The predicted octanol–water partition coefficient (Wildman–Crippen LogP) is 4.23. The molecule has 0 aliphatic rings. The average molecular weight is 344 g/mol. The molecule has 2 aromatic carbocycles. The molecule has 0 unspecified atom stereocenters. The Balaban J connectivity index is 1.66. The molecule has 3 rings (SSSR count). The fraction of sp³-hybridized carbons (Fsp3) is 0.118. The summed E-state index contributed by atoms with van der Waals surface area (Å²) in [6, 6.07) is 14.1. The molecule has 24 heavy (non-hydrogen) atoms. The molecule has 7 heteroatoms. The molecule has 1 N–H and O–H groups in total. The summed E-state index contributed by atoms with van der Waals surface area (Å²) in [5.41, 5.74) is 1.19. The Morgan fingerprint density at radius 2 is 2.00 bits per heavy atom. The van der Waals surface area contributed by atoms with Gasteiger partial charge in [0.2, 0.25) is 5.91 Å². The highest BCUT2D eigenvalue weighted by Crippen LogP contribution is 2.27.